The zero-order valence-electron chi connectivity index (χ0n) is 6.38. The lowest BCUT2D eigenvalue weighted by Gasteiger charge is -2.30. The molecular weight excluding hydrogens is 101 g/mol. The second kappa shape index (κ2) is 1.78. The molecule has 0 bridgehead atoms. The van der Waals surface area contributed by atoms with Crippen molar-refractivity contribution < 1.29 is 4.39 Å². The van der Waals surface area contributed by atoms with Crippen LogP contribution in [0.2, 0.25) is 5.21 Å². The highest BCUT2D eigenvalue weighted by Gasteiger charge is 2.31. The van der Waals surface area contributed by atoms with E-state index in [4.69, 9.17) is 0 Å². The van der Waals surface area contributed by atoms with Gasteiger partial charge in [-0.1, -0.05) is 12.1 Å². The summed E-state index contributed by atoms with van der Waals surface area (Å²) < 4.78 is 12.9. The molecule has 8 heavy (non-hydrogen) atoms. The monoisotopic (exact) mass is 114 g/mol. The largest absolute Gasteiger partial charge is 0.245 e. The summed E-state index contributed by atoms with van der Waals surface area (Å²) in [6.07, 6.45) is 0. The van der Waals surface area contributed by atoms with E-state index in [1.165, 1.54) is 0 Å². The van der Waals surface area contributed by atoms with Gasteiger partial charge in [0.2, 0.25) is 0 Å². The SMILES string of the molecule is BC(B)(C)C(C)(C)F. The van der Waals surface area contributed by atoms with E-state index < -0.39 is 5.67 Å². The van der Waals surface area contributed by atoms with Crippen molar-refractivity contribution in [3.05, 3.63) is 0 Å². The van der Waals surface area contributed by atoms with Crippen molar-refractivity contribution in [2.45, 2.75) is 31.7 Å². The normalized spacial score (nSPS) is 14.0. The molecule has 0 fully saturated rings. The summed E-state index contributed by atoms with van der Waals surface area (Å²) >= 11 is 0. The lowest BCUT2D eigenvalue weighted by Crippen LogP contribution is -2.31. The van der Waals surface area contributed by atoms with Crippen LogP contribution in [0.4, 0.5) is 4.39 Å². The minimum atomic E-state index is -1.06. The van der Waals surface area contributed by atoms with Crippen molar-refractivity contribution in [2.75, 3.05) is 0 Å². The molecule has 0 aromatic carbocycles. The van der Waals surface area contributed by atoms with Gasteiger partial charge in [-0.2, -0.15) is 0 Å². The lowest BCUT2D eigenvalue weighted by molar-refractivity contribution is 0.192. The second-order valence-electron chi connectivity index (χ2n) is 3.72. The Labute approximate surface area is 52.7 Å². The Kier molecular flexibility index (Phi) is 1.80. The predicted octanol–water partition coefficient (Wildman–Crippen LogP) is 0.137. The number of rotatable bonds is 1. The Morgan fingerprint density at radius 3 is 1.25 bits per heavy atom. The average molecular weight is 114 g/mol. The van der Waals surface area contributed by atoms with Crippen LogP contribution in [0.1, 0.15) is 20.8 Å². The van der Waals surface area contributed by atoms with E-state index in [9.17, 15) is 4.39 Å². The van der Waals surface area contributed by atoms with Crippen LogP contribution in [-0.2, 0) is 0 Å². The van der Waals surface area contributed by atoms with Crippen molar-refractivity contribution >= 4 is 15.7 Å². The molecule has 0 aliphatic carbocycles. The van der Waals surface area contributed by atoms with E-state index in [2.05, 4.69) is 0 Å². The maximum Gasteiger partial charge on any atom is 0.103 e. The van der Waals surface area contributed by atoms with Gasteiger partial charge in [0.25, 0.3) is 0 Å². The molecule has 0 unspecified atom stereocenters. The zero-order valence-corrected chi connectivity index (χ0v) is 6.38. The van der Waals surface area contributed by atoms with Crippen LogP contribution >= 0.6 is 0 Å². The topological polar surface area (TPSA) is 0 Å². The molecule has 0 aromatic rings. The third-order valence-electron chi connectivity index (χ3n) is 1.78. The molecule has 0 aliphatic heterocycles. The molecule has 0 atom stereocenters. The van der Waals surface area contributed by atoms with Crippen molar-refractivity contribution in [3.63, 3.8) is 0 Å². The summed E-state index contributed by atoms with van der Waals surface area (Å²) in [5.74, 6) is 0. The van der Waals surface area contributed by atoms with Crippen LogP contribution in [0.3, 0.4) is 0 Å². The fourth-order valence-corrected chi connectivity index (χ4v) is 0. The first-order chi connectivity index (χ1) is 3.25. The highest BCUT2D eigenvalue weighted by molar-refractivity contribution is 6.40. The average Bonchev–Trinajstić information content (AvgIpc) is 1.25. The van der Waals surface area contributed by atoms with Crippen molar-refractivity contribution in [1.82, 2.24) is 0 Å². The zero-order chi connectivity index (χ0) is 7.00. The quantitative estimate of drug-likeness (QED) is 0.425. The summed E-state index contributed by atoms with van der Waals surface area (Å²) in [5.41, 5.74) is -1.06. The summed E-state index contributed by atoms with van der Waals surface area (Å²) in [7, 11) is 3.79. The molecule has 0 aliphatic rings. The number of halogens is 1. The first kappa shape index (κ1) is 8.06. The van der Waals surface area contributed by atoms with Gasteiger partial charge >= 0.3 is 0 Å². The van der Waals surface area contributed by atoms with E-state index >= 15 is 0 Å². The van der Waals surface area contributed by atoms with Crippen molar-refractivity contribution in [2.24, 2.45) is 0 Å². The van der Waals surface area contributed by atoms with E-state index in [1.54, 1.807) is 13.8 Å². The van der Waals surface area contributed by atoms with Gasteiger partial charge in [0.1, 0.15) is 15.7 Å². The highest BCUT2D eigenvalue weighted by Crippen LogP contribution is 2.33. The van der Waals surface area contributed by atoms with Crippen LogP contribution in [0, 0.1) is 0 Å². The Morgan fingerprint density at radius 1 is 1.12 bits per heavy atom. The van der Waals surface area contributed by atoms with Crippen LogP contribution in [0.25, 0.3) is 0 Å². The van der Waals surface area contributed by atoms with Crippen LogP contribution in [-0.4, -0.2) is 21.4 Å². The minimum Gasteiger partial charge on any atom is -0.245 e. The first-order valence-electron chi connectivity index (χ1n) is 2.94. The molecule has 0 aromatic heterocycles. The number of alkyl halides is 1. The maximum atomic E-state index is 12.9. The number of hydrogen-bond donors (Lipinski definition) is 0. The van der Waals surface area contributed by atoms with Crippen LogP contribution in [0.5, 0.6) is 0 Å². The summed E-state index contributed by atoms with van der Waals surface area (Å²) in [6.45, 7) is 5.10. The van der Waals surface area contributed by atoms with E-state index in [1.807, 2.05) is 22.6 Å². The van der Waals surface area contributed by atoms with E-state index in [0.717, 1.165) is 0 Å². The molecule has 0 radical (unpaired) electrons. The van der Waals surface area contributed by atoms with Gasteiger partial charge in [0.15, 0.2) is 0 Å². The smallest absolute Gasteiger partial charge is 0.103 e. The molecule has 0 spiro atoms. The standard InChI is InChI=1S/C5H13B2F/c1-4(2,8)5(3,6)7/h6-7H2,1-3H3. The van der Waals surface area contributed by atoms with Gasteiger partial charge in [-0.25, -0.2) is 4.39 Å². The van der Waals surface area contributed by atoms with Crippen molar-refractivity contribution in [3.8, 4) is 0 Å². The maximum absolute atomic E-state index is 12.9. The highest BCUT2D eigenvalue weighted by atomic mass is 19.1. The molecule has 0 amide bonds. The molecule has 0 rings (SSSR count). The second-order valence-corrected chi connectivity index (χ2v) is 3.72. The lowest BCUT2D eigenvalue weighted by atomic mass is 9.49. The van der Waals surface area contributed by atoms with E-state index in [0.29, 0.717) is 0 Å². The third-order valence-corrected chi connectivity index (χ3v) is 1.78. The Morgan fingerprint density at radius 2 is 1.25 bits per heavy atom. The Bertz CT molecular complexity index is 65.4. The van der Waals surface area contributed by atoms with Gasteiger partial charge in [-0.3, -0.25) is 0 Å². The summed E-state index contributed by atoms with van der Waals surface area (Å²) in [6, 6.07) is 0. The summed E-state index contributed by atoms with van der Waals surface area (Å²) in [4.78, 5) is 0. The predicted molar refractivity (Wildman–Crippen MR) is 40.6 cm³/mol. The van der Waals surface area contributed by atoms with Gasteiger partial charge in [-0.05, 0) is 13.8 Å². The molecule has 46 valence electrons. The number of hydrogen-bond acceptors (Lipinski definition) is 0. The molecule has 3 heteroatoms. The molecule has 0 saturated heterocycles. The van der Waals surface area contributed by atoms with Crippen LogP contribution in [0.15, 0.2) is 0 Å². The summed E-state index contributed by atoms with van der Waals surface area (Å²) in [5, 5.41) is -0.229. The first-order valence-corrected chi connectivity index (χ1v) is 2.94. The Balaban J connectivity index is 4.02. The molecule has 0 heterocycles. The minimum absolute atomic E-state index is 0.229. The van der Waals surface area contributed by atoms with Gasteiger partial charge in [0, 0.05) is 0 Å². The van der Waals surface area contributed by atoms with Gasteiger partial charge < -0.3 is 0 Å². The Hall–Kier alpha value is 0.0599. The fourth-order valence-electron chi connectivity index (χ4n) is 0. The molecule has 0 saturated carbocycles. The molecule has 0 nitrogen and oxygen atoms in total. The molecule has 0 N–H and O–H groups in total. The third kappa shape index (κ3) is 1.89. The van der Waals surface area contributed by atoms with Crippen molar-refractivity contribution in [1.29, 1.82) is 0 Å². The van der Waals surface area contributed by atoms with Crippen LogP contribution < -0.4 is 0 Å². The van der Waals surface area contributed by atoms with Gasteiger partial charge in [0.05, 0.1) is 5.67 Å². The molecular formula is C5H13B2F. The fraction of sp³-hybridized carbons (Fsp3) is 1.00. The van der Waals surface area contributed by atoms with E-state index in [-0.39, 0.29) is 5.21 Å². The van der Waals surface area contributed by atoms with Gasteiger partial charge in [-0.15, -0.1) is 0 Å².